The Bertz CT molecular complexity index is 222. The van der Waals surface area contributed by atoms with Gasteiger partial charge in [0, 0.05) is 29.3 Å². The van der Waals surface area contributed by atoms with Gasteiger partial charge in [0.2, 0.25) is 0 Å². The number of ether oxygens (including phenoxy) is 1. The Balaban J connectivity index is 2.33. The summed E-state index contributed by atoms with van der Waals surface area (Å²) in [6.07, 6.45) is 4.48. The molecular formula is C14H29NO2S. The van der Waals surface area contributed by atoms with Crippen molar-refractivity contribution in [1.82, 2.24) is 5.32 Å². The topological polar surface area (TPSA) is 41.5 Å². The maximum atomic E-state index is 9.57. The SMILES string of the molecule is CCCNC(C)(CO)CC(C)SC1CCOCC1. The minimum atomic E-state index is -0.131. The molecule has 0 aromatic carbocycles. The van der Waals surface area contributed by atoms with E-state index in [9.17, 15) is 5.11 Å². The van der Waals surface area contributed by atoms with E-state index in [0.29, 0.717) is 5.25 Å². The van der Waals surface area contributed by atoms with Crippen molar-refractivity contribution in [3.8, 4) is 0 Å². The van der Waals surface area contributed by atoms with Gasteiger partial charge in [0.25, 0.3) is 0 Å². The van der Waals surface area contributed by atoms with Crippen LogP contribution in [0.1, 0.15) is 46.5 Å². The van der Waals surface area contributed by atoms with E-state index >= 15 is 0 Å². The van der Waals surface area contributed by atoms with Gasteiger partial charge in [-0.1, -0.05) is 13.8 Å². The predicted molar refractivity (Wildman–Crippen MR) is 79.3 cm³/mol. The first-order chi connectivity index (χ1) is 8.59. The van der Waals surface area contributed by atoms with Crippen LogP contribution in [0.5, 0.6) is 0 Å². The fourth-order valence-corrected chi connectivity index (χ4v) is 4.03. The summed E-state index contributed by atoms with van der Waals surface area (Å²) in [5, 5.41) is 14.4. The van der Waals surface area contributed by atoms with E-state index in [0.717, 1.165) is 37.9 Å². The zero-order valence-electron chi connectivity index (χ0n) is 12.1. The Morgan fingerprint density at radius 1 is 1.44 bits per heavy atom. The number of hydrogen-bond acceptors (Lipinski definition) is 4. The quantitative estimate of drug-likeness (QED) is 0.714. The molecule has 1 aliphatic rings. The van der Waals surface area contributed by atoms with Crippen molar-refractivity contribution in [3.63, 3.8) is 0 Å². The average molecular weight is 275 g/mol. The molecule has 0 amide bonds. The summed E-state index contributed by atoms with van der Waals surface area (Å²) in [6, 6.07) is 0. The molecule has 2 atom stereocenters. The Morgan fingerprint density at radius 2 is 2.11 bits per heavy atom. The van der Waals surface area contributed by atoms with Crippen molar-refractivity contribution in [1.29, 1.82) is 0 Å². The summed E-state index contributed by atoms with van der Waals surface area (Å²) in [4.78, 5) is 0. The van der Waals surface area contributed by atoms with Crippen LogP contribution in [0.4, 0.5) is 0 Å². The molecule has 2 unspecified atom stereocenters. The number of aliphatic hydroxyl groups is 1. The Morgan fingerprint density at radius 3 is 2.67 bits per heavy atom. The van der Waals surface area contributed by atoms with Gasteiger partial charge in [0.1, 0.15) is 0 Å². The van der Waals surface area contributed by atoms with Crippen molar-refractivity contribution in [2.45, 2.75) is 62.5 Å². The van der Waals surface area contributed by atoms with Crippen LogP contribution >= 0.6 is 11.8 Å². The van der Waals surface area contributed by atoms with Crippen molar-refractivity contribution in [2.75, 3.05) is 26.4 Å². The highest BCUT2D eigenvalue weighted by atomic mass is 32.2. The molecule has 0 aromatic rings. The first-order valence-corrected chi connectivity index (χ1v) is 8.13. The van der Waals surface area contributed by atoms with E-state index in [-0.39, 0.29) is 12.1 Å². The molecule has 18 heavy (non-hydrogen) atoms. The van der Waals surface area contributed by atoms with Crippen LogP contribution in [0, 0.1) is 0 Å². The molecule has 0 saturated carbocycles. The van der Waals surface area contributed by atoms with Crippen LogP contribution in [0.2, 0.25) is 0 Å². The molecule has 3 nitrogen and oxygen atoms in total. The summed E-state index contributed by atoms with van der Waals surface area (Å²) in [5.41, 5.74) is -0.131. The molecule has 108 valence electrons. The van der Waals surface area contributed by atoms with Gasteiger partial charge in [-0.25, -0.2) is 0 Å². The van der Waals surface area contributed by atoms with E-state index in [2.05, 4.69) is 37.8 Å². The zero-order chi connectivity index (χ0) is 13.4. The third-order valence-corrected chi connectivity index (χ3v) is 4.97. The van der Waals surface area contributed by atoms with Crippen molar-refractivity contribution < 1.29 is 9.84 Å². The van der Waals surface area contributed by atoms with Crippen molar-refractivity contribution in [2.24, 2.45) is 0 Å². The molecular weight excluding hydrogens is 246 g/mol. The first kappa shape index (κ1) is 16.3. The smallest absolute Gasteiger partial charge is 0.0611 e. The summed E-state index contributed by atoms with van der Waals surface area (Å²) >= 11 is 2.07. The van der Waals surface area contributed by atoms with Gasteiger partial charge in [-0.2, -0.15) is 11.8 Å². The molecule has 0 radical (unpaired) electrons. The van der Waals surface area contributed by atoms with Crippen LogP contribution in [-0.4, -0.2) is 47.5 Å². The van der Waals surface area contributed by atoms with E-state index in [1.165, 1.54) is 12.8 Å². The van der Waals surface area contributed by atoms with Gasteiger partial charge in [-0.3, -0.25) is 0 Å². The van der Waals surface area contributed by atoms with Crippen LogP contribution < -0.4 is 5.32 Å². The first-order valence-electron chi connectivity index (χ1n) is 7.18. The normalized spacial score (nSPS) is 22.7. The molecule has 4 heteroatoms. The van der Waals surface area contributed by atoms with E-state index < -0.39 is 0 Å². The van der Waals surface area contributed by atoms with Gasteiger partial charge >= 0.3 is 0 Å². The molecule has 1 heterocycles. The maximum Gasteiger partial charge on any atom is 0.0611 e. The highest BCUT2D eigenvalue weighted by Crippen LogP contribution is 2.30. The lowest BCUT2D eigenvalue weighted by Gasteiger charge is -2.33. The maximum absolute atomic E-state index is 9.57. The predicted octanol–water partition coefficient (Wildman–Crippen LogP) is 2.43. The number of aliphatic hydroxyl groups excluding tert-OH is 1. The molecule has 0 spiro atoms. The number of hydrogen-bond donors (Lipinski definition) is 2. The fraction of sp³-hybridized carbons (Fsp3) is 1.00. The molecule has 0 aromatic heterocycles. The van der Waals surface area contributed by atoms with Gasteiger partial charge in [-0.15, -0.1) is 0 Å². The lowest BCUT2D eigenvalue weighted by molar-refractivity contribution is 0.0998. The molecule has 2 N–H and O–H groups in total. The highest BCUT2D eigenvalue weighted by molar-refractivity contribution is 8.00. The summed E-state index contributed by atoms with van der Waals surface area (Å²) in [5.74, 6) is 0. The third kappa shape index (κ3) is 5.91. The fourth-order valence-electron chi connectivity index (χ4n) is 2.44. The van der Waals surface area contributed by atoms with E-state index in [1.807, 2.05) is 0 Å². The molecule has 0 bridgehead atoms. The monoisotopic (exact) mass is 275 g/mol. The zero-order valence-corrected chi connectivity index (χ0v) is 12.9. The summed E-state index contributed by atoms with van der Waals surface area (Å²) in [6.45, 7) is 9.58. The summed E-state index contributed by atoms with van der Waals surface area (Å²) in [7, 11) is 0. The lowest BCUT2D eigenvalue weighted by Crippen LogP contribution is -2.47. The minimum Gasteiger partial charge on any atom is -0.394 e. The van der Waals surface area contributed by atoms with Crippen LogP contribution in [-0.2, 0) is 4.74 Å². The molecule has 1 aliphatic heterocycles. The van der Waals surface area contributed by atoms with Gasteiger partial charge in [0.05, 0.1) is 6.61 Å². The van der Waals surface area contributed by atoms with Crippen LogP contribution in [0.15, 0.2) is 0 Å². The largest absolute Gasteiger partial charge is 0.394 e. The summed E-state index contributed by atoms with van der Waals surface area (Å²) < 4.78 is 5.39. The minimum absolute atomic E-state index is 0.131. The molecule has 1 fully saturated rings. The molecule has 0 aliphatic carbocycles. The van der Waals surface area contributed by atoms with Gasteiger partial charge < -0.3 is 15.2 Å². The third-order valence-electron chi connectivity index (χ3n) is 3.48. The lowest BCUT2D eigenvalue weighted by atomic mass is 9.97. The Hall–Kier alpha value is 0.230. The second kappa shape index (κ2) is 8.41. The second-order valence-corrected chi connectivity index (χ2v) is 7.35. The molecule has 1 saturated heterocycles. The van der Waals surface area contributed by atoms with Crippen molar-refractivity contribution in [3.05, 3.63) is 0 Å². The molecule has 1 rings (SSSR count). The highest BCUT2D eigenvalue weighted by Gasteiger charge is 2.27. The van der Waals surface area contributed by atoms with E-state index in [4.69, 9.17) is 4.74 Å². The number of thioether (sulfide) groups is 1. The number of nitrogens with one attached hydrogen (secondary N) is 1. The van der Waals surface area contributed by atoms with Crippen LogP contribution in [0.25, 0.3) is 0 Å². The number of rotatable bonds is 8. The Kier molecular flexibility index (Phi) is 7.61. The second-order valence-electron chi connectivity index (χ2n) is 5.61. The van der Waals surface area contributed by atoms with Crippen molar-refractivity contribution >= 4 is 11.8 Å². The van der Waals surface area contributed by atoms with E-state index in [1.54, 1.807) is 0 Å². The standard InChI is InChI=1S/C14H29NO2S/c1-4-7-15-14(3,11-16)10-12(2)18-13-5-8-17-9-6-13/h12-13,15-16H,4-11H2,1-3H3. The average Bonchev–Trinajstić information content (AvgIpc) is 2.37. The Labute approximate surface area is 116 Å². The van der Waals surface area contributed by atoms with Crippen LogP contribution in [0.3, 0.4) is 0 Å². The van der Waals surface area contributed by atoms with Gasteiger partial charge in [0.15, 0.2) is 0 Å². The van der Waals surface area contributed by atoms with Gasteiger partial charge in [-0.05, 0) is 39.2 Å².